The summed E-state index contributed by atoms with van der Waals surface area (Å²) in [4.78, 5) is 5.50. The van der Waals surface area contributed by atoms with Crippen molar-refractivity contribution in [3.05, 3.63) is 33.1 Å². The molecular formula is C13H18N2O2S3. The number of sulfonamides is 1. The number of thiazole rings is 1. The number of thiophene rings is 1. The van der Waals surface area contributed by atoms with E-state index in [2.05, 4.69) is 11.9 Å². The van der Waals surface area contributed by atoms with Gasteiger partial charge in [0.25, 0.3) is 10.0 Å². The second-order valence-corrected chi connectivity index (χ2v) is 8.83. The zero-order valence-corrected chi connectivity index (χ0v) is 14.4. The highest BCUT2D eigenvalue weighted by atomic mass is 32.2. The Hall–Kier alpha value is -0.760. The van der Waals surface area contributed by atoms with Crippen molar-refractivity contribution in [2.75, 3.05) is 7.05 Å². The van der Waals surface area contributed by atoms with Crippen LogP contribution in [0.4, 0.5) is 0 Å². The lowest BCUT2D eigenvalue weighted by Crippen LogP contribution is -2.29. The summed E-state index contributed by atoms with van der Waals surface area (Å²) in [5.41, 5.74) is 0.924. The van der Waals surface area contributed by atoms with Crippen molar-refractivity contribution in [2.45, 2.75) is 37.4 Å². The fourth-order valence-electron chi connectivity index (χ4n) is 1.93. The van der Waals surface area contributed by atoms with Crippen LogP contribution in [0.1, 0.15) is 35.5 Å². The number of nitrogens with zero attached hydrogens (tertiary/aromatic N) is 2. The maximum Gasteiger partial charge on any atom is 0.252 e. The van der Waals surface area contributed by atoms with E-state index in [4.69, 9.17) is 0 Å². The van der Waals surface area contributed by atoms with Crippen LogP contribution in [-0.2, 0) is 16.4 Å². The van der Waals surface area contributed by atoms with E-state index in [0.29, 0.717) is 4.21 Å². The van der Waals surface area contributed by atoms with Crippen molar-refractivity contribution in [3.63, 3.8) is 0 Å². The van der Waals surface area contributed by atoms with Crippen molar-refractivity contribution in [2.24, 2.45) is 0 Å². The van der Waals surface area contributed by atoms with Crippen molar-refractivity contribution in [1.29, 1.82) is 0 Å². The van der Waals surface area contributed by atoms with Gasteiger partial charge in [-0.3, -0.25) is 0 Å². The van der Waals surface area contributed by atoms with Crippen molar-refractivity contribution in [3.8, 4) is 0 Å². The SMILES string of the molecule is CCc1nc(C)c(C(C)N(C)S(=O)(=O)c2cccs2)s1. The first-order valence-corrected chi connectivity index (χ1v) is 9.49. The Morgan fingerprint density at radius 1 is 1.45 bits per heavy atom. The van der Waals surface area contributed by atoms with Gasteiger partial charge in [0.15, 0.2) is 0 Å². The van der Waals surface area contributed by atoms with E-state index in [-0.39, 0.29) is 6.04 Å². The first kappa shape index (κ1) is 15.6. The monoisotopic (exact) mass is 330 g/mol. The van der Waals surface area contributed by atoms with E-state index >= 15 is 0 Å². The third kappa shape index (κ3) is 2.81. The minimum atomic E-state index is -3.43. The Morgan fingerprint density at radius 2 is 2.15 bits per heavy atom. The molecule has 0 saturated carbocycles. The van der Waals surface area contributed by atoms with Crippen LogP contribution in [0.15, 0.2) is 21.7 Å². The van der Waals surface area contributed by atoms with E-state index in [1.807, 2.05) is 13.8 Å². The van der Waals surface area contributed by atoms with Crippen LogP contribution in [-0.4, -0.2) is 24.8 Å². The lowest BCUT2D eigenvalue weighted by molar-refractivity contribution is 0.402. The van der Waals surface area contributed by atoms with Gasteiger partial charge in [0, 0.05) is 11.9 Å². The lowest BCUT2D eigenvalue weighted by Gasteiger charge is -2.23. The van der Waals surface area contributed by atoms with Crippen molar-refractivity contribution in [1.82, 2.24) is 9.29 Å². The van der Waals surface area contributed by atoms with E-state index < -0.39 is 10.0 Å². The molecule has 0 spiro atoms. The van der Waals surface area contributed by atoms with Gasteiger partial charge in [-0.1, -0.05) is 13.0 Å². The summed E-state index contributed by atoms with van der Waals surface area (Å²) in [5.74, 6) is 0. The molecule has 1 atom stereocenters. The van der Waals surface area contributed by atoms with Gasteiger partial charge in [0.2, 0.25) is 0 Å². The van der Waals surface area contributed by atoms with Crippen LogP contribution < -0.4 is 0 Å². The highest BCUT2D eigenvalue weighted by Crippen LogP contribution is 2.32. The average molecular weight is 330 g/mol. The first-order valence-electron chi connectivity index (χ1n) is 6.35. The molecule has 2 aromatic rings. The van der Waals surface area contributed by atoms with Crippen LogP contribution >= 0.6 is 22.7 Å². The molecule has 2 rings (SSSR count). The van der Waals surface area contributed by atoms with Gasteiger partial charge in [-0.05, 0) is 31.7 Å². The zero-order valence-electron chi connectivity index (χ0n) is 12.0. The summed E-state index contributed by atoms with van der Waals surface area (Å²) in [6.07, 6.45) is 0.875. The molecule has 7 heteroatoms. The molecule has 110 valence electrons. The largest absolute Gasteiger partial charge is 0.252 e. The first-order chi connectivity index (χ1) is 9.37. The summed E-state index contributed by atoms with van der Waals surface area (Å²) < 4.78 is 26.8. The molecule has 0 saturated heterocycles. The number of aromatic nitrogens is 1. The van der Waals surface area contributed by atoms with E-state index in [1.54, 1.807) is 35.9 Å². The predicted octanol–water partition coefficient (Wildman–Crippen LogP) is 3.46. The molecule has 2 aromatic heterocycles. The second kappa shape index (κ2) is 5.93. The highest BCUT2D eigenvalue weighted by Gasteiger charge is 2.29. The molecule has 20 heavy (non-hydrogen) atoms. The smallest absolute Gasteiger partial charge is 0.246 e. The topological polar surface area (TPSA) is 50.3 Å². The molecule has 2 heterocycles. The Kier molecular flexibility index (Phi) is 4.63. The van der Waals surface area contributed by atoms with Gasteiger partial charge in [-0.15, -0.1) is 22.7 Å². The van der Waals surface area contributed by atoms with Gasteiger partial charge >= 0.3 is 0 Å². The average Bonchev–Trinajstić information content (AvgIpc) is 3.06. The van der Waals surface area contributed by atoms with Gasteiger partial charge in [-0.25, -0.2) is 13.4 Å². The molecule has 0 aliphatic carbocycles. The number of hydrogen-bond donors (Lipinski definition) is 0. The van der Waals surface area contributed by atoms with Crippen LogP contribution in [0.5, 0.6) is 0 Å². The second-order valence-electron chi connectivity index (χ2n) is 4.54. The molecule has 4 nitrogen and oxygen atoms in total. The van der Waals surface area contributed by atoms with Crippen LogP contribution in [0, 0.1) is 6.92 Å². The number of aryl methyl sites for hydroxylation is 2. The summed E-state index contributed by atoms with van der Waals surface area (Å²) in [5, 5.41) is 2.82. The predicted molar refractivity (Wildman–Crippen MR) is 83.9 cm³/mol. The Morgan fingerprint density at radius 3 is 2.65 bits per heavy atom. The fourth-order valence-corrected chi connectivity index (χ4v) is 5.61. The van der Waals surface area contributed by atoms with E-state index in [1.165, 1.54) is 15.6 Å². The molecule has 0 aliphatic heterocycles. The minimum Gasteiger partial charge on any atom is -0.246 e. The minimum absolute atomic E-state index is 0.208. The summed E-state index contributed by atoms with van der Waals surface area (Å²) in [6, 6.07) is 3.18. The lowest BCUT2D eigenvalue weighted by atomic mass is 10.2. The maximum atomic E-state index is 12.5. The Balaban J connectivity index is 2.33. The van der Waals surface area contributed by atoms with Crippen LogP contribution in [0.3, 0.4) is 0 Å². The van der Waals surface area contributed by atoms with E-state index in [9.17, 15) is 8.42 Å². The Labute approximate surface area is 128 Å². The van der Waals surface area contributed by atoms with Gasteiger partial charge in [0.05, 0.1) is 16.7 Å². The van der Waals surface area contributed by atoms with Crippen LogP contribution in [0.25, 0.3) is 0 Å². The molecule has 0 amide bonds. The quantitative estimate of drug-likeness (QED) is 0.843. The standard InChI is InChI=1S/C13H18N2O2S3/c1-5-11-14-9(2)13(19-11)10(3)15(4)20(16,17)12-7-6-8-18-12/h6-8,10H,5H2,1-4H3. The molecule has 0 bridgehead atoms. The number of hydrogen-bond acceptors (Lipinski definition) is 5. The molecule has 0 radical (unpaired) electrons. The fraction of sp³-hybridized carbons (Fsp3) is 0.462. The molecule has 0 aromatic carbocycles. The molecule has 0 N–H and O–H groups in total. The number of rotatable bonds is 5. The summed E-state index contributed by atoms with van der Waals surface area (Å²) in [7, 11) is -1.80. The molecule has 0 aliphatic rings. The summed E-state index contributed by atoms with van der Waals surface area (Å²) >= 11 is 2.84. The van der Waals surface area contributed by atoms with Gasteiger partial charge < -0.3 is 0 Å². The van der Waals surface area contributed by atoms with Crippen molar-refractivity contribution < 1.29 is 8.42 Å². The van der Waals surface area contributed by atoms with Gasteiger partial charge in [0.1, 0.15) is 4.21 Å². The summed E-state index contributed by atoms with van der Waals surface area (Å²) in [6.45, 7) is 5.90. The Bertz CT molecular complexity index is 675. The van der Waals surface area contributed by atoms with Crippen molar-refractivity contribution >= 4 is 32.7 Å². The zero-order chi connectivity index (χ0) is 14.9. The molecule has 0 fully saturated rings. The third-order valence-electron chi connectivity index (χ3n) is 3.23. The third-order valence-corrected chi connectivity index (χ3v) is 8.01. The normalized spacial score (nSPS) is 13.8. The maximum absolute atomic E-state index is 12.5. The molecule has 1 unspecified atom stereocenters. The highest BCUT2D eigenvalue weighted by molar-refractivity contribution is 7.91. The van der Waals surface area contributed by atoms with Crippen LogP contribution in [0.2, 0.25) is 0 Å². The van der Waals surface area contributed by atoms with Gasteiger partial charge in [-0.2, -0.15) is 4.31 Å². The molecular weight excluding hydrogens is 312 g/mol. The van der Waals surface area contributed by atoms with E-state index in [0.717, 1.165) is 22.0 Å².